The Labute approximate surface area is 175 Å². The smallest absolute Gasteiger partial charge is 0.348 e. The number of fused-ring (bicyclic) bond motifs is 1. The summed E-state index contributed by atoms with van der Waals surface area (Å²) in [6, 6.07) is 8.41. The molecule has 3 aromatic rings. The molecule has 1 atom stereocenters. The molecule has 0 fully saturated rings. The zero-order chi connectivity index (χ0) is 22.6. The van der Waals surface area contributed by atoms with Crippen molar-refractivity contribution < 1.29 is 21.6 Å². The number of sulfone groups is 1. The van der Waals surface area contributed by atoms with E-state index in [0.29, 0.717) is 0 Å². The molecule has 7 heteroatoms. The standard InChI is InChI=1S/C23H25F3NO2S/c1-14(22(3,4)5)21-15(2)27(6)20-12-11-18(13-19(20)21)30(28,29)17-9-7-16(8-10-17)23(24,25)26/h7-14H,1H2,2-6H3. The van der Waals surface area contributed by atoms with Crippen LogP contribution in [0, 0.1) is 19.3 Å². The summed E-state index contributed by atoms with van der Waals surface area (Å²) in [6.07, 6.45) is -4.52. The number of nitrogens with zero attached hydrogens (tertiary/aromatic N) is 1. The normalized spacial score (nSPS) is 14.3. The number of rotatable bonds is 3. The van der Waals surface area contributed by atoms with Gasteiger partial charge in [0.2, 0.25) is 9.84 Å². The third-order valence-electron chi connectivity index (χ3n) is 5.71. The summed E-state index contributed by atoms with van der Waals surface area (Å²) in [5, 5.41) is 0.790. The van der Waals surface area contributed by atoms with E-state index in [1.165, 1.54) is 6.07 Å². The summed E-state index contributed by atoms with van der Waals surface area (Å²) >= 11 is 0. The van der Waals surface area contributed by atoms with Crippen LogP contribution in [0.25, 0.3) is 10.9 Å². The Kier molecular flexibility index (Phi) is 5.34. The summed E-state index contributed by atoms with van der Waals surface area (Å²) in [7, 11) is -2.05. The van der Waals surface area contributed by atoms with Gasteiger partial charge in [-0.15, -0.1) is 0 Å². The van der Waals surface area contributed by atoms with Crippen LogP contribution in [0.5, 0.6) is 0 Å². The molecule has 0 N–H and O–H groups in total. The summed E-state index contributed by atoms with van der Waals surface area (Å²) in [6.45, 7) is 12.5. The average molecular weight is 437 g/mol. The van der Waals surface area contributed by atoms with Gasteiger partial charge in [-0.2, -0.15) is 13.2 Å². The zero-order valence-corrected chi connectivity index (χ0v) is 18.4. The fraction of sp³-hybridized carbons (Fsp3) is 0.348. The van der Waals surface area contributed by atoms with Crippen molar-refractivity contribution in [2.45, 2.75) is 49.6 Å². The van der Waals surface area contributed by atoms with E-state index < -0.39 is 21.6 Å². The van der Waals surface area contributed by atoms with Crippen molar-refractivity contribution in [2.75, 3.05) is 0 Å². The lowest BCUT2D eigenvalue weighted by molar-refractivity contribution is -0.137. The van der Waals surface area contributed by atoms with Crippen molar-refractivity contribution in [3.63, 3.8) is 0 Å². The van der Waals surface area contributed by atoms with E-state index >= 15 is 0 Å². The van der Waals surface area contributed by atoms with Crippen LogP contribution in [-0.4, -0.2) is 13.0 Å². The number of aromatic nitrogens is 1. The topological polar surface area (TPSA) is 39.1 Å². The van der Waals surface area contributed by atoms with E-state index in [-0.39, 0.29) is 21.1 Å². The first-order chi connectivity index (χ1) is 13.7. The minimum atomic E-state index is -4.52. The second kappa shape index (κ2) is 7.15. The van der Waals surface area contributed by atoms with Crippen molar-refractivity contribution in [3.8, 4) is 0 Å². The summed E-state index contributed by atoms with van der Waals surface area (Å²) in [5.41, 5.74) is 1.84. The first kappa shape index (κ1) is 22.4. The minimum absolute atomic E-state index is 0.0442. The molecule has 1 unspecified atom stereocenters. The van der Waals surface area contributed by atoms with Crippen LogP contribution >= 0.6 is 0 Å². The molecule has 161 valence electrons. The molecule has 0 amide bonds. The van der Waals surface area contributed by atoms with Crippen molar-refractivity contribution in [1.29, 1.82) is 0 Å². The molecule has 1 radical (unpaired) electrons. The first-order valence-corrected chi connectivity index (χ1v) is 11.0. The number of benzene rings is 2. The highest BCUT2D eigenvalue weighted by molar-refractivity contribution is 7.91. The molecule has 3 rings (SSSR count). The predicted octanol–water partition coefficient (Wildman–Crippen LogP) is 6.30. The van der Waals surface area contributed by atoms with Crippen LogP contribution in [0.15, 0.2) is 52.3 Å². The monoisotopic (exact) mass is 436 g/mol. The molecule has 0 spiro atoms. The Morgan fingerprint density at radius 3 is 2.00 bits per heavy atom. The molecule has 0 aliphatic carbocycles. The van der Waals surface area contributed by atoms with E-state index in [9.17, 15) is 21.6 Å². The van der Waals surface area contributed by atoms with Gasteiger partial charge >= 0.3 is 6.18 Å². The Bertz CT molecular complexity index is 1200. The SMILES string of the molecule is [CH2]C(c1c(C)n(C)c2ccc(S(=O)(=O)c3ccc(C(F)(F)F)cc3)cc12)C(C)(C)C. The van der Waals surface area contributed by atoms with Gasteiger partial charge in [0.05, 0.1) is 15.4 Å². The maximum absolute atomic E-state index is 13.1. The fourth-order valence-electron chi connectivity index (χ4n) is 3.58. The number of hydrogen-bond donors (Lipinski definition) is 0. The molecule has 30 heavy (non-hydrogen) atoms. The first-order valence-electron chi connectivity index (χ1n) is 9.50. The van der Waals surface area contributed by atoms with Crippen LogP contribution in [0.1, 0.15) is 43.5 Å². The summed E-state index contributed by atoms with van der Waals surface area (Å²) < 4.78 is 66.6. The van der Waals surface area contributed by atoms with Gasteiger partial charge in [-0.05, 0) is 73.2 Å². The lowest BCUT2D eigenvalue weighted by atomic mass is 9.77. The van der Waals surface area contributed by atoms with Crippen LogP contribution in [0.2, 0.25) is 0 Å². The van der Waals surface area contributed by atoms with Crippen LogP contribution in [0.4, 0.5) is 13.2 Å². The lowest BCUT2D eigenvalue weighted by Crippen LogP contribution is -2.16. The Morgan fingerprint density at radius 2 is 1.50 bits per heavy atom. The van der Waals surface area contributed by atoms with Gasteiger partial charge in [-0.3, -0.25) is 0 Å². The summed E-state index contributed by atoms with van der Waals surface area (Å²) in [4.78, 5) is -0.131. The molecule has 0 aliphatic rings. The number of alkyl halides is 3. The van der Waals surface area contributed by atoms with Gasteiger partial charge in [0, 0.05) is 23.6 Å². The van der Waals surface area contributed by atoms with Gasteiger partial charge in [0.15, 0.2) is 0 Å². The molecule has 0 saturated heterocycles. The molecule has 1 aromatic heterocycles. The maximum atomic E-state index is 13.1. The number of hydrogen-bond acceptors (Lipinski definition) is 2. The largest absolute Gasteiger partial charge is 0.416 e. The molecule has 2 aromatic carbocycles. The quantitative estimate of drug-likeness (QED) is 0.483. The van der Waals surface area contributed by atoms with E-state index in [4.69, 9.17) is 0 Å². The van der Waals surface area contributed by atoms with Crippen LogP contribution < -0.4 is 0 Å². The molecule has 1 heterocycles. The second-order valence-electron chi connectivity index (χ2n) is 8.68. The average Bonchev–Trinajstić information content (AvgIpc) is 2.90. The van der Waals surface area contributed by atoms with E-state index in [2.05, 4.69) is 27.7 Å². The molecule has 0 aliphatic heterocycles. The number of aryl methyl sites for hydroxylation is 1. The van der Waals surface area contributed by atoms with E-state index in [1.807, 2.05) is 18.5 Å². The predicted molar refractivity (Wildman–Crippen MR) is 112 cm³/mol. The second-order valence-corrected chi connectivity index (χ2v) is 10.6. The van der Waals surface area contributed by atoms with Crippen molar-refractivity contribution >= 4 is 20.7 Å². The van der Waals surface area contributed by atoms with Crippen LogP contribution in [-0.2, 0) is 23.1 Å². The van der Waals surface area contributed by atoms with Gasteiger partial charge in [-0.1, -0.05) is 20.8 Å². The van der Waals surface area contributed by atoms with Gasteiger partial charge < -0.3 is 4.57 Å². The fourth-order valence-corrected chi connectivity index (χ4v) is 4.87. The van der Waals surface area contributed by atoms with Crippen molar-refractivity contribution in [2.24, 2.45) is 12.5 Å². The third kappa shape index (κ3) is 3.75. The number of halogens is 3. The Morgan fingerprint density at radius 1 is 0.967 bits per heavy atom. The summed E-state index contributed by atoms with van der Waals surface area (Å²) in [5.74, 6) is -0.0785. The molecule has 0 bridgehead atoms. The van der Waals surface area contributed by atoms with Crippen molar-refractivity contribution in [3.05, 3.63) is 66.2 Å². The molecule has 3 nitrogen and oxygen atoms in total. The van der Waals surface area contributed by atoms with Gasteiger partial charge in [0.25, 0.3) is 0 Å². The Hall–Kier alpha value is -2.28. The minimum Gasteiger partial charge on any atom is -0.348 e. The third-order valence-corrected chi connectivity index (χ3v) is 7.48. The lowest BCUT2D eigenvalue weighted by Gasteiger charge is -2.28. The van der Waals surface area contributed by atoms with Crippen molar-refractivity contribution in [1.82, 2.24) is 4.57 Å². The van der Waals surface area contributed by atoms with Gasteiger partial charge in [-0.25, -0.2) is 8.42 Å². The Balaban J connectivity index is 2.17. The van der Waals surface area contributed by atoms with Crippen LogP contribution in [0.3, 0.4) is 0 Å². The zero-order valence-electron chi connectivity index (χ0n) is 17.6. The highest BCUT2D eigenvalue weighted by atomic mass is 32.2. The molecule has 0 saturated carbocycles. The molecular formula is C23H25F3NO2S. The maximum Gasteiger partial charge on any atom is 0.416 e. The molecular weight excluding hydrogens is 411 g/mol. The van der Waals surface area contributed by atoms with E-state index in [1.54, 1.807) is 12.1 Å². The van der Waals surface area contributed by atoms with E-state index in [0.717, 1.165) is 46.4 Å². The highest BCUT2D eigenvalue weighted by Gasteiger charge is 2.31. The van der Waals surface area contributed by atoms with Gasteiger partial charge in [0.1, 0.15) is 0 Å². The highest BCUT2D eigenvalue weighted by Crippen LogP contribution is 2.41.